The maximum Gasteiger partial charge on any atom is 0.270 e. The Morgan fingerprint density at radius 2 is 2.00 bits per heavy atom. The Hall–Kier alpha value is -1.88. The van der Waals surface area contributed by atoms with Crippen molar-refractivity contribution < 1.29 is 9.18 Å². The highest BCUT2D eigenvalue weighted by Gasteiger charge is 2.38. The summed E-state index contributed by atoms with van der Waals surface area (Å²) in [4.78, 5) is 20.4. The molecule has 1 amide bonds. The number of carbonyl (C=O) groups excluding carboxylic acids is 1. The van der Waals surface area contributed by atoms with Crippen LogP contribution in [0.2, 0.25) is 0 Å². The van der Waals surface area contributed by atoms with Crippen molar-refractivity contribution >= 4 is 16.8 Å². The third-order valence-corrected chi connectivity index (χ3v) is 5.42. The van der Waals surface area contributed by atoms with Gasteiger partial charge in [0.1, 0.15) is 11.5 Å². The summed E-state index contributed by atoms with van der Waals surface area (Å²) in [6.07, 6.45) is 4.48. The zero-order chi connectivity index (χ0) is 16.0. The number of aromatic amines is 1. The maximum absolute atomic E-state index is 13.9. The molecular formula is C18H22FN3O. The molecule has 0 radical (unpaired) electrons. The molecule has 23 heavy (non-hydrogen) atoms. The summed E-state index contributed by atoms with van der Waals surface area (Å²) >= 11 is 0. The molecule has 4 nitrogen and oxygen atoms in total. The Morgan fingerprint density at radius 3 is 2.74 bits per heavy atom. The van der Waals surface area contributed by atoms with Crippen LogP contribution in [0.1, 0.15) is 36.2 Å². The lowest BCUT2D eigenvalue weighted by Gasteiger charge is -2.33. The second-order valence-corrected chi connectivity index (χ2v) is 6.78. The number of carbonyl (C=O) groups is 1. The van der Waals surface area contributed by atoms with Crippen LogP contribution in [0.5, 0.6) is 0 Å². The topological polar surface area (TPSA) is 39.3 Å². The van der Waals surface area contributed by atoms with Crippen LogP contribution in [0.25, 0.3) is 10.9 Å². The average Bonchev–Trinajstić information content (AvgIpc) is 3.24. The molecule has 1 aromatic heterocycles. The van der Waals surface area contributed by atoms with E-state index < -0.39 is 0 Å². The predicted octanol–water partition coefficient (Wildman–Crippen LogP) is 3.01. The molecule has 2 aromatic rings. The third kappa shape index (κ3) is 2.43. The minimum atomic E-state index is -0.286. The van der Waals surface area contributed by atoms with Crippen molar-refractivity contribution in [1.82, 2.24) is 14.8 Å². The van der Waals surface area contributed by atoms with Crippen LogP contribution >= 0.6 is 0 Å². The van der Waals surface area contributed by atoms with Gasteiger partial charge in [-0.25, -0.2) is 4.39 Å². The molecule has 0 spiro atoms. The Bertz CT molecular complexity index is 741. The second kappa shape index (κ2) is 5.64. The Balaban J connectivity index is 1.63. The lowest BCUT2D eigenvalue weighted by atomic mass is 10.0. The van der Waals surface area contributed by atoms with E-state index in [2.05, 4.69) is 16.9 Å². The Morgan fingerprint density at radius 1 is 1.22 bits per heavy atom. The van der Waals surface area contributed by atoms with Gasteiger partial charge in [-0.2, -0.15) is 0 Å². The second-order valence-electron chi connectivity index (χ2n) is 6.78. The smallest absolute Gasteiger partial charge is 0.270 e. The van der Waals surface area contributed by atoms with E-state index in [9.17, 15) is 9.18 Å². The van der Waals surface area contributed by atoms with Crippen LogP contribution in [0.15, 0.2) is 24.3 Å². The molecule has 2 aliphatic rings. The molecule has 2 atom stereocenters. The molecule has 2 fully saturated rings. The normalized spacial score (nSPS) is 25.6. The maximum atomic E-state index is 13.9. The Labute approximate surface area is 135 Å². The number of fused-ring (bicyclic) bond motifs is 1. The first-order chi connectivity index (χ1) is 11.1. The van der Waals surface area contributed by atoms with Gasteiger partial charge in [-0.1, -0.05) is 6.07 Å². The number of nitrogens with zero attached hydrogens (tertiary/aromatic N) is 2. The van der Waals surface area contributed by atoms with Crippen LogP contribution in [0.4, 0.5) is 4.39 Å². The SMILES string of the molecule is CN1CCCC1C1CCCN1C(=O)c1cc2c(F)cccc2[nH]1. The molecule has 0 saturated carbocycles. The summed E-state index contributed by atoms with van der Waals surface area (Å²) in [6, 6.07) is 7.29. The van der Waals surface area contributed by atoms with Gasteiger partial charge in [0.15, 0.2) is 0 Å². The van der Waals surface area contributed by atoms with E-state index in [4.69, 9.17) is 0 Å². The van der Waals surface area contributed by atoms with E-state index in [-0.39, 0.29) is 17.8 Å². The van der Waals surface area contributed by atoms with Crippen molar-refractivity contribution in [2.24, 2.45) is 0 Å². The lowest BCUT2D eigenvalue weighted by molar-refractivity contribution is 0.0659. The van der Waals surface area contributed by atoms with Gasteiger partial charge >= 0.3 is 0 Å². The summed E-state index contributed by atoms with van der Waals surface area (Å²) in [7, 11) is 2.15. The summed E-state index contributed by atoms with van der Waals surface area (Å²) in [6.45, 7) is 1.91. The van der Waals surface area contributed by atoms with Crippen LogP contribution in [-0.4, -0.2) is 52.9 Å². The molecule has 1 aromatic carbocycles. The molecule has 122 valence electrons. The monoisotopic (exact) mass is 315 g/mol. The molecular weight excluding hydrogens is 293 g/mol. The standard InChI is InChI=1S/C18H22FN3O/c1-21-9-3-7-16(21)17-8-4-10-22(17)18(23)15-11-12-13(19)5-2-6-14(12)20-15/h2,5-6,11,16-17,20H,3-4,7-10H2,1H3. The highest BCUT2D eigenvalue weighted by atomic mass is 19.1. The zero-order valence-electron chi connectivity index (χ0n) is 13.4. The fourth-order valence-corrected chi connectivity index (χ4v) is 4.26. The van der Waals surface area contributed by atoms with Crippen molar-refractivity contribution in [2.45, 2.75) is 37.8 Å². The van der Waals surface area contributed by atoms with Crippen molar-refractivity contribution in [2.75, 3.05) is 20.1 Å². The lowest BCUT2D eigenvalue weighted by Crippen LogP contribution is -2.47. The number of aromatic nitrogens is 1. The molecule has 3 heterocycles. The number of hydrogen-bond acceptors (Lipinski definition) is 2. The number of likely N-dealkylation sites (N-methyl/N-ethyl adjacent to an activating group) is 1. The van der Waals surface area contributed by atoms with Crippen molar-refractivity contribution in [3.63, 3.8) is 0 Å². The zero-order valence-corrected chi connectivity index (χ0v) is 13.4. The van der Waals surface area contributed by atoms with Crippen LogP contribution in [0.3, 0.4) is 0 Å². The van der Waals surface area contributed by atoms with E-state index >= 15 is 0 Å². The van der Waals surface area contributed by atoms with Gasteiger partial charge in [-0.05, 0) is 57.5 Å². The minimum Gasteiger partial charge on any atom is -0.350 e. The number of rotatable bonds is 2. The van der Waals surface area contributed by atoms with Crippen molar-refractivity contribution in [1.29, 1.82) is 0 Å². The summed E-state index contributed by atoms with van der Waals surface area (Å²) in [5.74, 6) is -0.283. The quantitative estimate of drug-likeness (QED) is 0.925. The van der Waals surface area contributed by atoms with Crippen LogP contribution in [-0.2, 0) is 0 Å². The molecule has 5 heteroatoms. The molecule has 2 aliphatic heterocycles. The number of H-pyrrole nitrogens is 1. The highest BCUT2D eigenvalue weighted by Crippen LogP contribution is 2.30. The van der Waals surface area contributed by atoms with Crippen LogP contribution < -0.4 is 0 Å². The molecule has 0 aliphatic carbocycles. The number of hydrogen-bond donors (Lipinski definition) is 1. The van der Waals surface area contributed by atoms with E-state index in [1.54, 1.807) is 18.2 Å². The van der Waals surface area contributed by atoms with Crippen molar-refractivity contribution in [3.05, 3.63) is 35.8 Å². The first-order valence-corrected chi connectivity index (χ1v) is 8.43. The van der Waals surface area contributed by atoms with Gasteiger partial charge in [-0.3, -0.25) is 4.79 Å². The fourth-order valence-electron chi connectivity index (χ4n) is 4.26. The van der Waals surface area contributed by atoms with Gasteiger partial charge in [0, 0.05) is 29.5 Å². The first-order valence-electron chi connectivity index (χ1n) is 8.43. The van der Waals surface area contributed by atoms with E-state index in [1.807, 2.05) is 4.90 Å². The number of nitrogens with one attached hydrogen (secondary N) is 1. The minimum absolute atomic E-state index is 0.00315. The first kappa shape index (κ1) is 14.7. The number of amides is 1. The molecule has 0 bridgehead atoms. The molecule has 2 saturated heterocycles. The molecule has 1 N–H and O–H groups in total. The van der Waals surface area contributed by atoms with Gasteiger partial charge in [0.25, 0.3) is 5.91 Å². The van der Waals surface area contributed by atoms with Gasteiger partial charge in [0.05, 0.1) is 0 Å². The summed E-state index contributed by atoms with van der Waals surface area (Å²) in [5.41, 5.74) is 1.18. The van der Waals surface area contributed by atoms with Gasteiger partial charge in [-0.15, -0.1) is 0 Å². The van der Waals surface area contributed by atoms with Gasteiger partial charge in [0.2, 0.25) is 0 Å². The van der Waals surface area contributed by atoms with E-state index in [0.29, 0.717) is 22.6 Å². The van der Waals surface area contributed by atoms with Crippen LogP contribution in [0, 0.1) is 5.82 Å². The van der Waals surface area contributed by atoms with E-state index in [1.165, 1.54) is 12.5 Å². The van der Waals surface area contributed by atoms with Crippen molar-refractivity contribution in [3.8, 4) is 0 Å². The summed E-state index contributed by atoms with van der Waals surface area (Å²) < 4.78 is 13.9. The third-order valence-electron chi connectivity index (χ3n) is 5.42. The highest BCUT2D eigenvalue weighted by molar-refractivity contribution is 5.98. The number of likely N-dealkylation sites (tertiary alicyclic amines) is 2. The van der Waals surface area contributed by atoms with E-state index in [0.717, 1.165) is 32.4 Å². The molecule has 4 rings (SSSR count). The fraction of sp³-hybridized carbons (Fsp3) is 0.500. The average molecular weight is 315 g/mol. The summed E-state index contributed by atoms with van der Waals surface area (Å²) in [5, 5.41) is 0.490. The van der Waals surface area contributed by atoms with Gasteiger partial charge < -0.3 is 14.8 Å². The largest absolute Gasteiger partial charge is 0.350 e. The number of benzene rings is 1. The Kier molecular flexibility index (Phi) is 3.60. The number of halogens is 1. The molecule has 2 unspecified atom stereocenters. The predicted molar refractivity (Wildman–Crippen MR) is 88.0 cm³/mol.